The van der Waals surface area contributed by atoms with Gasteiger partial charge in [-0.2, -0.15) is 0 Å². The highest BCUT2D eigenvalue weighted by molar-refractivity contribution is 7.54. The van der Waals surface area contributed by atoms with Crippen molar-refractivity contribution < 1.29 is 34.0 Å². The first kappa shape index (κ1) is 25.3. The number of azide groups is 1. The molecule has 16 heteroatoms. The van der Waals surface area contributed by atoms with Crippen LogP contribution in [-0.2, 0) is 13.8 Å². The van der Waals surface area contributed by atoms with Crippen LogP contribution in [-0.4, -0.2) is 69.0 Å². The van der Waals surface area contributed by atoms with Gasteiger partial charge in [-0.25, -0.2) is 15.0 Å². The van der Waals surface area contributed by atoms with E-state index in [1.54, 1.807) is 6.92 Å². The Bertz CT molecular complexity index is 1130. The molecule has 2 aromatic heterocycles. The lowest BCUT2D eigenvalue weighted by Gasteiger charge is -2.36. The summed E-state index contributed by atoms with van der Waals surface area (Å²) in [4.78, 5) is 24.9. The summed E-state index contributed by atoms with van der Waals surface area (Å²) in [5.74, 6) is -0.206. The fraction of sp³-hybridized carbons (Fsp3) is 0.706. The first-order valence-corrected chi connectivity index (χ1v) is 11.6. The summed E-state index contributed by atoms with van der Waals surface area (Å²) in [5.41, 5.74) is 13.6. The topological polar surface area (TPSA) is 235 Å². The molecule has 182 valence electrons. The number of nitrogens with two attached hydrogens (primary N) is 1. The van der Waals surface area contributed by atoms with Crippen LogP contribution in [0.5, 0.6) is 0 Å². The molecular formula is C17H27N8O7P. The Morgan fingerprint density at radius 3 is 2.61 bits per heavy atom. The Morgan fingerprint density at radius 1 is 1.36 bits per heavy atom. The van der Waals surface area contributed by atoms with Crippen molar-refractivity contribution in [2.45, 2.75) is 76.0 Å². The van der Waals surface area contributed by atoms with E-state index in [4.69, 9.17) is 20.5 Å². The third-order valence-electron chi connectivity index (χ3n) is 5.63. The van der Waals surface area contributed by atoms with Crippen LogP contribution in [0.3, 0.4) is 0 Å². The number of nitrogens with zero attached hydrogens (tertiary/aromatic N) is 7. The van der Waals surface area contributed by atoms with Crippen LogP contribution in [0.25, 0.3) is 21.6 Å². The summed E-state index contributed by atoms with van der Waals surface area (Å²) in [6.45, 7) is 5.53. The standard InChI is InChI=1S/C17H27N8O7P/c1-5-17(4,32-33(29,30)16(2,3)28)6-8-10(26)11(27)14(31-8)25-13-9(12(18)20-7-21-13)22-15(25)23-24-19/h7-8,10-11,14,26-28H,5-6H2,1-4H3,(H,29,30)(H2,18,20,21)/t8-,10-,11-,14-,17?/m1/s1. The number of nitrogen functional groups attached to an aromatic ring is 1. The molecule has 1 aliphatic heterocycles. The summed E-state index contributed by atoms with van der Waals surface area (Å²) >= 11 is 0. The average molecular weight is 486 g/mol. The zero-order chi connectivity index (χ0) is 24.8. The Kier molecular flexibility index (Phi) is 6.72. The van der Waals surface area contributed by atoms with E-state index >= 15 is 0 Å². The first-order valence-electron chi connectivity index (χ1n) is 10.1. The summed E-state index contributed by atoms with van der Waals surface area (Å²) in [7, 11) is -4.47. The fourth-order valence-electron chi connectivity index (χ4n) is 3.45. The van der Waals surface area contributed by atoms with Crippen molar-refractivity contribution in [1.29, 1.82) is 0 Å². The number of aliphatic hydroxyl groups is 3. The van der Waals surface area contributed by atoms with Crippen LogP contribution in [0.4, 0.5) is 11.8 Å². The number of hydrogen-bond donors (Lipinski definition) is 5. The minimum atomic E-state index is -4.47. The molecule has 6 atom stereocenters. The van der Waals surface area contributed by atoms with Crippen molar-refractivity contribution in [3.8, 4) is 0 Å². The molecule has 2 unspecified atom stereocenters. The predicted molar refractivity (Wildman–Crippen MR) is 115 cm³/mol. The molecule has 0 bridgehead atoms. The van der Waals surface area contributed by atoms with Gasteiger partial charge in [-0.1, -0.05) is 6.92 Å². The maximum atomic E-state index is 12.5. The molecule has 1 fully saturated rings. The molecule has 33 heavy (non-hydrogen) atoms. The second-order valence-corrected chi connectivity index (χ2v) is 10.9. The summed E-state index contributed by atoms with van der Waals surface area (Å²) < 4.78 is 25.0. The van der Waals surface area contributed by atoms with Crippen LogP contribution in [0.2, 0.25) is 0 Å². The Morgan fingerprint density at radius 2 is 2.03 bits per heavy atom. The molecule has 3 rings (SSSR count). The molecule has 0 saturated carbocycles. The normalized spacial score (nSPS) is 27.2. The summed E-state index contributed by atoms with van der Waals surface area (Å²) in [5, 5.41) is 32.9. The van der Waals surface area contributed by atoms with Crippen molar-refractivity contribution in [1.82, 2.24) is 19.5 Å². The van der Waals surface area contributed by atoms with Gasteiger partial charge in [0.05, 0.1) is 11.7 Å². The van der Waals surface area contributed by atoms with Gasteiger partial charge in [-0.05, 0) is 37.8 Å². The van der Waals surface area contributed by atoms with E-state index in [1.807, 2.05) is 0 Å². The molecule has 3 heterocycles. The number of ether oxygens (including phenoxy) is 1. The number of aliphatic hydroxyl groups excluding tert-OH is 2. The lowest BCUT2D eigenvalue weighted by Crippen LogP contribution is -2.39. The molecule has 0 spiro atoms. The number of fused-ring (bicyclic) bond motifs is 1. The van der Waals surface area contributed by atoms with Gasteiger partial charge in [0.25, 0.3) is 0 Å². The largest absolute Gasteiger partial charge is 0.388 e. The SMILES string of the molecule is CCC(C)(C[C@H]1O[C@@H](n2c(N=[N+]=[N-])nc3c(N)ncnc32)[C@H](O)[C@@H]1O)OP(=O)(O)C(C)(C)O. The van der Waals surface area contributed by atoms with Gasteiger partial charge >= 0.3 is 7.60 Å². The monoisotopic (exact) mass is 486 g/mol. The molecule has 0 amide bonds. The molecule has 0 aliphatic carbocycles. The highest BCUT2D eigenvalue weighted by atomic mass is 31.2. The minimum Gasteiger partial charge on any atom is -0.388 e. The lowest BCUT2D eigenvalue weighted by atomic mass is 9.93. The van der Waals surface area contributed by atoms with E-state index in [0.717, 1.165) is 20.2 Å². The van der Waals surface area contributed by atoms with Crippen LogP contribution in [0, 0.1) is 0 Å². The summed E-state index contributed by atoms with van der Waals surface area (Å²) in [6, 6.07) is 0. The van der Waals surface area contributed by atoms with Crippen molar-refractivity contribution in [2.75, 3.05) is 5.73 Å². The fourth-order valence-corrected chi connectivity index (χ4v) is 4.48. The van der Waals surface area contributed by atoms with Crippen LogP contribution >= 0.6 is 7.60 Å². The van der Waals surface area contributed by atoms with Gasteiger partial charge in [-0.3, -0.25) is 9.13 Å². The highest BCUT2D eigenvalue weighted by Gasteiger charge is 2.50. The second-order valence-electron chi connectivity index (χ2n) is 8.56. The smallest absolute Gasteiger partial charge is 0.359 e. The van der Waals surface area contributed by atoms with E-state index in [-0.39, 0.29) is 35.8 Å². The number of imidazole rings is 1. The van der Waals surface area contributed by atoms with E-state index in [9.17, 15) is 24.8 Å². The first-order chi connectivity index (χ1) is 15.2. The predicted octanol–water partition coefficient (Wildman–Crippen LogP) is 1.46. The number of hydrogen-bond acceptors (Lipinski definition) is 11. The molecule has 1 saturated heterocycles. The highest BCUT2D eigenvalue weighted by Crippen LogP contribution is 2.57. The zero-order valence-corrected chi connectivity index (χ0v) is 19.4. The quantitative estimate of drug-likeness (QED) is 0.155. The summed E-state index contributed by atoms with van der Waals surface area (Å²) in [6.07, 6.45) is -4.02. The maximum absolute atomic E-state index is 12.5. The number of anilines is 1. The van der Waals surface area contributed by atoms with Gasteiger partial charge in [0, 0.05) is 11.3 Å². The number of rotatable bonds is 8. The molecule has 1 aliphatic rings. The van der Waals surface area contributed by atoms with Gasteiger partial charge in [0.1, 0.15) is 18.5 Å². The molecule has 0 aromatic carbocycles. The molecule has 6 N–H and O–H groups in total. The average Bonchev–Trinajstić information content (AvgIpc) is 3.20. The maximum Gasteiger partial charge on any atom is 0.359 e. The third kappa shape index (κ3) is 4.67. The Hall–Kier alpha value is -2.35. The third-order valence-corrected chi connectivity index (χ3v) is 7.70. The molecule has 2 aromatic rings. The second kappa shape index (κ2) is 8.78. The minimum absolute atomic E-state index is 0.00926. The Labute approximate surface area is 188 Å². The van der Waals surface area contributed by atoms with Gasteiger partial charge in [0.15, 0.2) is 28.6 Å². The van der Waals surface area contributed by atoms with Gasteiger partial charge in [0.2, 0.25) is 5.95 Å². The number of aromatic nitrogens is 4. The molecule has 0 radical (unpaired) electrons. The van der Waals surface area contributed by atoms with Crippen molar-refractivity contribution in [2.24, 2.45) is 5.11 Å². The van der Waals surface area contributed by atoms with E-state index in [0.29, 0.717) is 0 Å². The van der Waals surface area contributed by atoms with Crippen LogP contribution in [0.15, 0.2) is 11.4 Å². The van der Waals surface area contributed by atoms with E-state index in [1.165, 1.54) is 11.5 Å². The van der Waals surface area contributed by atoms with Crippen LogP contribution in [0.1, 0.15) is 46.8 Å². The lowest BCUT2D eigenvalue weighted by molar-refractivity contribution is -0.0678. The zero-order valence-electron chi connectivity index (χ0n) is 18.5. The van der Waals surface area contributed by atoms with Crippen molar-refractivity contribution in [3.05, 3.63) is 16.8 Å². The Balaban J connectivity index is 1.95. The molecular weight excluding hydrogens is 459 g/mol. The van der Waals surface area contributed by atoms with Gasteiger partial charge in [-0.15, -0.1) is 0 Å². The van der Waals surface area contributed by atoms with Crippen molar-refractivity contribution >= 4 is 30.5 Å². The van der Waals surface area contributed by atoms with Gasteiger partial charge < -0.3 is 35.2 Å². The van der Waals surface area contributed by atoms with E-state index in [2.05, 4.69) is 25.0 Å². The molecule has 15 nitrogen and oxygen atoms in total. The van der Waals surface area contributed by atoms with Crippen molar-refractivity contribution in [3.63, 3.8) is 0 Å². The van der Waals surface area contributed by atoms with E-state index < -0.39 is 43.1 Å². The van der Waals surface area contributed by atoms with Crippen LogP contribution < -0.4 is 5.73 Å².